The second-order valence-corrected chi connectivity index (χ2v) is 15.5. The van der Waals surface area contributed by atoms with Gasteiger partial charge in [-0.1, -0.05) is 76.4 Å². The van der Waals surface area contributed by atoms with Crippen molar-refractivity contribution in [1.29, 1.82) is 0 Å². The van der Waals surface area contributed by atoms with Crippen LogP contribution in [-0.4, -0.2) is 28.8 Å². The number of aliphatic hydroxyl groups excluding tert-OH is 1. The van der Waals surface area contributed by atoms with Crippen LogP contribution < -0.4 is 0 Å². The molecule has 2 aromatic carbocycles. The molecule has 50 heavy (non-hydrogen) atoms. The molecule has 264 valence electrons. The average molecular weight is 677 g/mol. The van der Waals surface area contributed by atoms with E-state index < -0.39 is 5.41 Å². The topological polar surface area (TPSA) is 93.1 Å². The van der Waals surface area contributed by atoms with Crippen molar-refractivity contribution in [2.45, 2.75) is 97.8 Å². The number of esters is 2. The molecule has 1 saturated carbocycles. The number of aliphatic hydroxyl groups is 1. The highest BCUT2D eigenvalue weighted by Gasteiger charge is 2.68. The highest BCUT2D eigenvalue weighted by Crippen LogP contribution is 2.72. The third-order valence-corrected chi connectivity index (χ3v) is 12.2. The van der Waals surface area contributed by atoms with E-state index >= 15 is 0 Å². The fourth-order valence-electron chi connectivity index (χ4n) is 9.85. The first-order valence-corrected chi connectivity index (χ1v) is 19.1. The van der Waals surface area contributed by atoms with Crippen LogP contribution in [0.15, 0.2) is 88.9 Å². The third-order valence-electron chi connectivity index (χ3n) is 12.2. The zero-order valence-corrected chi connectivity index (χ0v) is 29.9. The number of rotatable bonds is 13. The van der Waals surface area contributed by atoms with Gasteiger partial charge in [-0.3, -0.25) is 0 Å². The summed E-state index contributed by atoms with van der Waals surface area (Å²) in [6.07, 6.45) is 15.3. The van der Waals surface area contributed by atoms with Crippen molar-refractivity contribution in [2.75, 3.05) is 6.61 Å². The van der Waals surface area contributed by atoms with Crippen molar-refractivity contribution in [3.05, 3.63) is 94.5 Å². The number of unbranched alkanes of at least 4 members (excludes halogenated alkanes) is 4. The van der Waals surface area contributed by atoms with Crippen molar-refractivity contribution >= 4 is 17.5 Å². The molecule has 6 heteroatoms. The van der Waals surface area contributed by atoms with Gasteiger partial charge in [0.15, 0.2) is 0 Å². The number of aromatic hydroxyl groups is 1. The number of allylic oxidation sites excluding steroid dienone is 5. The standard InChI is InChI=1S/C44H52O6/c1-4-28(17-16-27(2)3)25-37-44-23-22-32(33-20-21-34-36(15-11-6-5-7-12-24-45)49-42(47)39(34)40(33)44)38(41(44)43(48)50-37)35-26-30(46)18-19-31(35)29-13-9-8-10-14-29/h8-10,13-15,18-19,25-28,32-33,40,45-46H,4-7,11-12,16-17,20-24H2,1-3H3/t28-,32+,33+,40+,44+/m0/s1. The highest BCUT2D eigenvalue weighted by molar-refractivity contribution is 6.07. The molecule has 1 saturated heterocycles. The van der Waals surface area contributed by atoms with Crippen LogP contribution in [0.1, 0.15) is 103 Å². The number of carbonyl (C=O) groups is 2. The fourth-order valence-corrected chi connectivity index (χ4v) is 9.85. The Kier molecular flexibility index (Phi) is 9.93. The van der Waals surface area contributed by atoms with Crippen LogP contribution in [0.5, 0.6) is 5.75 Å². The molecular weight excluding hydrogens is 624 g/mol. The van der Waals surface area contributed by atoms with Crippen LogP contribution in [0, 0.1) is 35.0 Å². The number of cyclic esters (lactones) is 2. The van der Waals surface area contributed by atoms with Crippen molar-refractivity contribution in [2.24, 2.45) is 35.0 Å². The smallest absolute Gasteiger partial charge is 0.340 e. The Hall–Kier alpha value is -3.90. The first kappa shape index (κ1) is 34.5. The molecule has 6 nitrogen and oxygen atoms in total. The Bertz CT molecular complexity index is 1760. The van der Waals surface area contributed by atoms with E-state index in [1.807, 2.05) is 30.3 Å². The van der Waals surface area contributed by atoms with Crippen molar-refractivity contribution in [3.63, 3.8) is 0 Å². The summed E-state index contributed by atoms with van der Waals surface area (Å²) in [5, 5.41) is 20.0. The molecule has 0 amide bonds. The molecular formula is C44H52O6. The zero-order valence-electron chi connectivity index (χ0n) is 29.9. The summed E-state index contributed by atoms with van der Waals surface area (Å²) in [5.74, 6) is 1.81. The van der Waals surface area contributed by atoms with Crippen molar-refractivity contribution in [3.8, 4) is 16.9 Å². The van der Waals surface area contributed by atoms with E-state index in [2.05, 4.69) is 45.1 Å². The predicted molar refractivity (Wildman–Crippen MR) is 195 cm³/mol. The number of phenols is 1. The number of phenolic OH excluding ortho intramolecular Hbond substituents is 1. The van der Waals surface area contributed by atoms with E-state index in [0.717, 1.165) is 116 Å². The van der Waals surface area contributed by atoms with E-state index in [1.54, 1.807) is 6.07 Å². The Balaban J connectivity index is 1.40. The van der Waals surface area contributed by atoms with Gasteiger partial charge in [-0.15, -0.1) is 0 Å². The lowest BCUT2D eigenvalue weighted by atomic mass is 9.44. The summed E-state index contributed by atoms with van der Waals surface area (Å²) in [5.41, 5.74) is 5.59. The largest absolute Gasteiger partial charge is 0.508 e. The molecule has 2 bridgehead atoms. The minimum absolute atomic E-state index is 0.0392. The first-order valence-electron chi connectivity index (χ1n) is 19.1. The zero-order chi connectivity index (χ0) is 35.0. The second kappa shape index (κ2) is 14.4. The fraction of sp³-hybridized carbons (Fsp3) is 0.500. The normalized spacial score (nSPS) is 27.6. The molecule has 5 atom stereocenters. The van der Waals surface area contributed by atoms with Crippen LogP contribution in [0.25, 0.3) is 16.7 Å². The quantitative estimate of drug-likeness (QED) is 0.162. The second-order valence-electron chi connectivity index (χ2n) is 15.5. The lowest BCUT2D eigenvalue weighted by molar-refractivity contribution is -0.135. The molecule has 2 aliphatic heterocycles. The van der Waals surface area contributed by atoms with Gasteiger partial charge in [-0.05, 0) is 128 Å². The van der Waals surface area contributed by atoms with Gasteiger partial charge in [0.1, 0.15) is 17.3 Å². The molecule has 2 heterocycles. The van der Waals surface area contributed by atoms with Crippen molar-refractivity contribution in [1.82, 2.24) is 0 Å². The van der Waals surface area contributed by atoms with Crippen LogP contribution in [-0.2, 0) is 19.1 Å². The van der Waals surface area contributed by atoms with Gasteiger partial charge in [0.05, 0.1) is 11.0 Å². The first-order chi connectivity index (χ1) is 24.3. The minimum Gasteiger partial charge on any atom is -0.508 e. The number of carbonyl (C=O) groups excluding carboxylic acids is 2. The SMILES string of the molecule is CC[C@H](C=C1OC(=O)C2=C(c3cc(O)ccc3-c3ccccc3)[C@@H]3CC[C@]12[C@H]1C2=C(CC[C@H]31)C(=CCCCCCCO)OC2=O)CCC(C)C. The Labute approximate surface area is 297 Å². The molecule has 1 spiro atoms. The molecule has 0 radical (unpaired) electrons. The average Bonchev–Trinajstić information content (AvgIpc) is 3.60. The van der Waals surface area contributed by atoms with Gasteiger partial charge < -0.3 is 19.7 Å². The number of fused-ring (bicyclic) bond motifs is 1. The van der Waals surface area contributed by atoms with E-state index in [0.29, 0.717) is 17.3 Å². The van der Waals surface area contributed by atoms with Gasteiger partial charge in [-0.25, -0.2) is 9.59 Å². The Morgan fingerprint density at radius 1 is 0.920 bits per heavy atom. The summed E-state index contributed by atoms with van der Waals surface area (Å²) in [7, 11) is 0. The predicted octanol–water partition coefficient (Wildman–Crippen LogP) is 9.83. The van der Waals surface area contributed by atoms with E-state index in [-0.39, 0.29) is 48.0 Å². The summed E-state index contributed by atoms with van der Waals surface area (Å²) in [6, 6.07) is 15.7. The summed E-state index contributed by atoms with van der Waals surface area (Å²) < 4.78 is 12.5. The molecule has 2 N–H and O–H groups in total. The summed E-state index contributed by atoms with van der Waals surface area (Å²) in [4.78, 5) is 28.5. The number of ether oxygens (including phenoxy) is 2. The maximum Gasteiger partial charge on any atom is 0.340 e. The number of hydrogen-bond acceptors (Lipinski definition) is 6. The van der Waals surface area contributed by atoms with Crippen LogP contribution in [0.2, 0.25) is 0 Å². The van der Waals surface area contributed by atoms with Gasteiger partial charge >= 0.3 is 11.9 Å². The number of benzene rings is 2. The molecule has 0 unspecified atom stereocenters. The van der Waals surface area contributed by atoms with Crippen LogP contribution >= 0.6 is 0 Å². The molecule has 2 aromatic rings. The molecule has 8 rings (SSSR count). The number of hydrogen-bond donors (Lipinski definition) is 2. The van der Waals surface area contributed by atoms with Crippen molar-refractivity contribution < 1.29 is 29.3 Å². The molecule has 6 aliphatic rings. The molecule has 0 aromatic heterocycles. The monoisotopic (exact) mass is 676 g/mol. The third kappa shape index (κ3) is 5.97. The summed E-state index contributed by atoms with van der Waals surface area (Å²) in [6.45, 7) is 6.91. The Morgan fingerprint density at radius 3 is 2.48 bits per heavy atom. The van der Waals surface area contributed by atoms with Crippen LogP contribution in [0.3, 0.4) is 0 Å². The van der Waals surface area contributed by atoms with Gasteiger partial charge in [0.2, 0.25) is 0 Å². The maximum atomic E-state index is 14.5. The van der Waals surface area contributed by atoms with Gasteiger partial charge in [0, 0.05) is 23.7 Å². The van der Waals surface area contributed by atoms with E-state index in [4.69, 9.17) is 14.6 Å². The highest BCUT2D eigenvalue weighted by atomic mass is 16.5. The lowest BCUT2D eigenvalue weighted by Crippen LogP contribution is -2.52. The lowest BCUT2D eigenvalue weighted by Gasteiger charge is -2.56. The maximum absolute atomic E-state index is 14.5. The summed E-state index contributed by atoms with van der Waals surface area (Å²) >= 11 is 0. The van der Waals surface area contributed by atoms with E-state index in [9.17, 15) is 14.7 Å². The van der Waals surface area contributed by atoms with Crippen LogP contribution in [0.4, 0.5) is 0 Å². The minimum atomic E-state index is -0.768. The Morgan fingerprint density at radius 2 is 1.72 bits per heavy atom. The van der Waals surface area contributed by atoms with Gasteiger partial charge in [-0.2, -0.15) is 0 Å². The van der Waals surface area contributed by atoms with E-state index in [1.165, 1.54) is 0 Å². The molecule has 2 fully saturated rings. The van der Waals surface area contributed by atoms with Gasteiger partial charge in [0.25, 0.3) is 0 Å². The molecule has 4 aliphatic carbocycles.